The fraction of sp³-hybridized carbons (Fsp3) is 0.158. The first-order chi connectivity index (χ1) is 12.3. The lowest BCUT2D eigenvalue weighted by atomic mass is 10.0. The van der Waals surface area contributed by atoms with Gasteiger partial charge < -0.3 is 9.26 Å². The first kappa shape index (κ1) is 15.4. The van der Waals surface area contributed by atoms with E-state index in [0.29, 0.717) is 24.7 Å². The second-order valence-corrected chi connectivity index (χ2v) is 5.57. The largest absolute Gasteiger partial charge is 0.384 e. The van der Waals surface area contributed by atoms with Crippen molar-refractivity contribution in [2.75, 3.05) is 13.7 Å². The van der Waals surface area contributed by atoms with Crippen molar-refractivity contribution >= 4 is 10.9 Å². The van der Waals surface area contributed by atoms with Crippen LogP contribution in [0.2, 0.25) is 0 Å². The predicted molar refractivity (Wildman–Crippen MR) is 93.8 cm³/mol. The number of rotatable bonds is 5. The molecule has 0 bridgehead atoms. The third-order valence-electron chi connectivity index (χ3n) is 3.92. The summed E-state index contributed by atoms with van der Waals surface area (Å²) in [6.07, 6.45) is 4.11. The van der Waals surface area contributed by atoms with Crippen LogP contribution in [-0.4, -0.2) is 33.8 Å². The van der Waals surface area contributed by atoms with E-state index in [1.807, 2.05) is 42.5 Å². The van der Waals surface area contributed by atoms with E-state index < -0.39 is 0 Å². The lowest BCUT2D eigenvalue weighted by Crippen LogP contribution is -1.96. The lowest BCUT2D eigenvalue weighted by molar-refractivity contribution is 0.199. The number of ether oxygens (including phenoxy) is 1. The average molecular weight is 332 g/mol. The molecule has 0 spiro atoms. The van der Waals surface area contributed by atoms with Gasteiger partial charge in [-0.3, -0.25) is 4.98 Å². The second-order valence-electron chi connectivity index (χ2n) is 5.57. The smallest absolute Gasteiger partial charge is 0.258 e. The molecule has 3 heterocycles. The van der Waals surface area contributed by atoms with Crippen LogP contribution in [0.25, 0.3) is 33.6 Å². The molecule has 3 aromatic heterocycles. The minimum absolute atomic E-state index is 0.486. The van der Waals surface area contributed by atoms with Crippen molar-refractivity contribution in [3.05, 3.63) is 60.7 Å². The summed E-state index contributed by atoms with van der Waals surface area (Å²) < 4.78 is 10.6. The van der Waals surface area contributed by atoms with Crippen molar-refractivity contribution in [3.8, 4) is 22.7 Å². The summed E-state index contributed by atoms with van der Waals surface area (Å²) in [5.41, 5.74) is 3.57. The fourth-order valence-electron chi connectivity index (χ4n) is 2.68. The minimum atomic E-state index is 0.486. The highest BCUT2D eigenvalue weighted by Gasteiger charge is 2.15. The minimum Gasteiger partial charge on any atom is -0.384 e. The van der Waals surface area contributed by atoms with Gasteiger partial charge in [-0.25, -0.2) is 4.98 Å². The summed E-state index contributed by atoms with van der Waals surface area (Å²) in [4.78, 5) is 13.3. The zero-order chi connectivity index (χ0) is 17.1. The maximum absolute atomic E-state index is 5.49. The third kappa shape index (κ3) is 3.12. The van der Waals surface area contributed by atoms with Gasteiger partial charge in [0, 0.05) is 36.9 Å². The van der Waals surface area contributed by atoms with Gasteiger partial charge in [0.15, 0.2) is 5.82 Å². The molecule has 0 aliphatic carbocycles. The van der Waals surface area contributed by atoms with Gasteiger partial charge in [-0.2, -0.15) is 4.98 Å². The van der Waals surface area contributed by atoms with Crippen LogP contribution in [0.5, 0.6) is 0 Å². The Kier molecular flexibility index (Phi) is 4.18. The Morgan fingerprint density at radius 3 is 2.72 bits per heavy atom. The molecule has 0 radical (unpaired) electrons. The van der Waals surface area contributed by atoms with Crippen molar-refractivity contribution < 1.29 is 9.26 Å². The SMILES string of the molecule is COCCc1noc(-c2cc(-c3ccncc3)nc3ccccc23)n1. The molecule has 0 saturated heterocycles. The maximum Gasteiger partial charge on any atom is 0.258 e. The molecule has 0 atom stereocenters. The Morgan fingerprint density at radius 2 is 1.88 bits per heavy atom. The summed E-state index contributed by atoms with van der Waals surface area (Å²) in [6.45, 7) is 0.554. The molecule has 0 fully saturated rings. The quantitative estimate of drug-likeness (QED) is 0.556. The Morgan fingerprint density at radius 1 is 1.04 bits per heavy atom. The van der Waals surface area contributed by atoms with E-state index in [9.17, 15) is 0 Å². The van der Waals surface area contributed by atoms with E-state index in [1.54, 1.807) is 19.5 Å². The molecule has 0 aliphatic rings. The molecule has 0 saturated carbocycles. The molecule has 6 heteroatoms. The standard InChI is InChI=1S/C19H16N4O2/c1-24-11-8-18-22-19(25-23-18)15-12-17(13-6-9-20-10-7-13)21-16-5-3-2-4-14(15)16/h2-7,9-10,12H,8,11H2,1H3. The molecule has 124 valence electrons. The van der Waals surface area contributed by atoms with Crippen LogP contribution in [-0.2, 0) is 11.2 Å². The maximum atomic E-state index is 5.49. The molecule has 0 amide bonds. The summed E-state index contributed by atoms with van der Waals surface area (Å²) in [6, 6.07) is 13.8. The Labute approximate surface area is 144 Å². The highest BCUT2D eigenvalue weighted by atomic mass is 16.5. The van der Waals surface area contributed by atoms with Crippen LogP contribution in [0.1, 0.15) is 5.82 Å². The summed E-state index contributed by atoms with van der Waals surface area (Å²) in [7, 11) is 1.65. The molecule has 0 aliphatic heterocycles. The van der Waals surface area contributed by atoms with E-state index in [0.717, 1.165) is 27.7 Å². The number of methoxy groups -OCH3 is 1. The van der Waals surface area contributed by atoms with E-state index in [4.69, 9.17) is 14.2 Å². The Bertz CT molecular complexity index is 999. The van der Waals surface area contributed by atoms with Crippen molar-refractivity contribution in [1.29, 1.82) is 0 Å². The van der Waals surface area contributed by atoms with Crippen LogP contribution < -0.4 is 0 Å². The van der Waals surface area contributed by atoms with Gasteiger partial charge in [0.25, 0.3) is 5.89 Å². The fourth-order valence-corrected chi connectivity index (χ4v) is 2.68. The zero-order valence-electron chi connectivity index (χ0n) is 13.7. The number of nitrogens with zero attached hydrogens (tertiary/aromatic N) is 4. The zero-order valence-corrected chi connectivity index (χ0v) is 13.7. The number of hydrogen-bond donors (Lipinski definition) is 0. The molecule has 0 N–H and O–H groups in total. The molecule has 0 unspecified atom stereocenters. The van der Waals surface area contributed by atoms with Crippen LogP contribution in [0.4, 0.5) is 0 Å². The van der Waals surface area contributed by atoms with E-state index >= 15 is 0 Å². The van der Waals surface area contributed by atoms with Crippen molar-refractivity contribution in [2.24, 2.45) is 0 Å². The second kappa shape index (κ2) is 6.78. The number of fused-ring (bicyclic) bond motifs is 1. The molecule has 6 nitrogen and oxygen atoms in total. The van der Waals surface area contributed by atoms with Gasteiger partial charge in [-0.05, 0) is 24.3 Å². The van der Waals surface area contributed by atoms with Crippen LogP contribution >= 0.6 is 0 Å². The van der Waals surface area contributed by atoms with Crippen molar-refractivity contribution in [1.82, 2.24) is 20.1 Å². The first-order valence-electron chi connectivity index (χ1n) is 7.97. The van der Waals surface area contributed by atoms with E-state index in [2.05, 4.69) is 15.1 Å². The van der Waals surface area contributed by atoms with E-state index in [-0.39, 0.29) is 0 Å². The summed E-state index contributed by atoms with van der Waals surface area (Å²) >= 11 is 0. The number of benzene rings is 1. The van der Waals surface area contributed by atoms with Crippen molar-refractivity contribution in [3.63, 3.8) is 0 Å². The molecule has 1 aromatic carbocycles. The monoisotopic (exact) mass is 332 g/mol. The molecular formula is C19H16N4O2. The number of para-hydroxylation sites is 1. The topological polar surface area (TPSA) is 73.9 Å². The van der Waals surface area contributed by atoms with Gasteiger partial charge >= 0.3 is 0 Å². The molecule has 4 aromatic rings. The molecule has 25 heavy (non-hydrogen) atoms. The molecular weight excluding hydrogens is 316 g/mol. The third-order valence-corrected chi connectivity index (χ3v) is 3.92. The van der Waals surface area contributed by atoms with Gasteiger partial charge in [-0.15, -0.1) is 0 Å². The van der Waals surface area contributed by atoms with Crippen LogP contribution in [0.3, 0.4) is 0 Å². The van der Waals surface area contributed by atoms with Crippen molar-refractivity contribution in [2.45, 2.75) is 6.42 Å². The molecule has 4 rings (SSSR count). The highest BCUT2D eigenvalue weighted by Crippen LogP contribution is 2.31. The first-order valence-corrected chi connectivity index (χ1v) is 7.97. The van der Waals surface area contributed by atoms with Crippen LogP contribution in [0.15, 0.2) is 59.4 Å². The van der Waals surface area contributed by atoms with Crippen LogP contribution in [0, 0.1) is 0 Å². The van der Waals surface area contributed by atoms with Gasteiger partial charge in [0.1, 0.15) is 0 Å². The van der Waals surface area contributed by atoms with Gasteiger partial charge in [0.2, 0.25) is 0 Å². The number of aromatic nitrogens is 4. The van der Waals surface area contributed by atoms with Gasteiger partial charge in [0.05, 0.1) is 23.4 Å². The van der Waals surface area contributed by atoms with Gasteiger partial charge in [-0.1, -0.05) is 23.4 Å². The van der Waals surface area contributed by atoms with E-state index in [1.165, 1.54) is 0 Å². The number of pyridine rings is 2. The Hall–Kier alpha value is -3.12. The Balaban J connectivity index is 1.85. The normalized spacial score (nSPS) is 11.1. The highest BCUT2D eigenvalue weighted by molar-refractivity contribution is 5.94. The summed E-state index contributed by atoms with van der Waals surface area (Å²) in [5.74, 6) is 1.11. The predicted octanol–water partition coefficient (Wildman–Crippen LogP) is 3.54. The lowest BCUT2D eigenvalue weighted by Gasteiger charge is -2.07. The number of hydrogen-bond acceptors (Lipinski definition) is 6. The average Bonchev–Trinajstić information content (AvgIpc) is 3.15. The summed E-state index contributed by atoms with van der Waals surface area (Å²) in [5, 5.41) is 5.02.